The lowest BCUT2D eigenvalue weighted by molar-refractivity contribution is -0.131. The number of aryl methyl sites for hydroxylation is 1. The zero-order valence-corrected chi connectivity index (χ0v) is 18.0. The molecule has 7 nitrogen and oxygen atoms in total. The smallest absolute Gasteiger partial charge is 0.250 e. The van der Waals surface area contributed by atoms with Gasteiger partial charge in [-0.2, -0.15) is 0 Å². The number of aromatic nitrogens is 1. The maximum Gasteiger partial charge on any atom is 0.250 e. The standard InChI is InChI=1S/C24H32N4O3/c29-22-19-21(20-9-2-1-3-10-20)25-13-5-7-16-27(17-8-14-26-22)24(31)12-18-28-15-6-4-11-23(28)30/h1-4,6,9-11,15,21,25H,5,7-8,12-14,16-19H2,(H,26,29). The summed E-state index contributed by atoms with van der Waals surface area (Å²) in [6, 6.07) is 15.0. The molecule has 31 heavy (non-hydrogen) atoms. The molecule has 7 heteroatoms. The monoisotopic (exact) mass is 424 g/mol. The molecule has 0 aliphatic carbocycles. The molecule has 1 unspecified atom stereocenters. The molecule has 1 saturated heterocycles. The Bertz CT molecular complexity index is 897. The first-order valence-corrected chi connectivity index (χ1v) is 11.1. The molecule has 0 radical (unpaired) electrons. The van der Waals surface area contributed by atoms with E-state index in [2.05, 4.69) is 10.6 Å². The Morgan fingerprint density at radius 3 is 2.52 bits per heavy atom. The highest BCUT2D eigenvalue weighted by molar-refractivity contribution is 5.77. The van der Waals surface area contributed by atoms with Crippen molar-refractivity contribution in [1.29, 1.82) is 0 Å². The van der Waals surface area contributed by atoms with Crippen LogP contribution in [0.1, 0.15) is 43.7 Å². The Morgan fingerprint density at radius 1 is 0.935 bits per heavy atom. The van der Waals surface area contributed by atoms with Crippen LogP contribution in [0.3, 0.4) is 0 Å². The Labute approximate surface area is 183 Å². The van der Waals surface area contributed by atoms with Crippen LogP contribution in [-0.4, -0.2) is 47.5 Å². The second-order valence-electron chi connectivity index (χ2n) is 7.90. The molecule has 2 amide bonds. The van der Waals surface area contributed by atoms with E-state index in [9.17, 15) is 14.4 Å². The normalized spacial score (nSPS) is 18.9. The van der Waals surface area contributed by atoms with Crippen molar-refractivity contribution in [1.82, 2.24) is 20.1 Å². The number of nitrogens with zero attached hydrogens (tertiary/aromatic N) is 2. The second kappa shape index (κ2) is 12.1. The molecular formula is C24H32N4O3. The van der Waals surface area contributed by atoms with Crippen molar-refractivity contribution < 1.29 is 9.59 Å². The van der Waals surface area contributed by atoms with E-state index in [0.717, 1.165) is 24.9 Å². The number of hydrogen-bond donors (Lipinski definition) is 2. The average Bonchev–Trinajstić information content (AvgIpc) is 2.80. The first-order chi connectivity index (χ1) is 15.1. The average molecular weight is 425 g/mol. The molecule has 0 spiro atoms. The Kier molecular flexibility index (Phi) is 8.84. The summed E-state index contributed by atoms with van der Waals surface area (Å²) in [7, 11) is 0. The van der Waals surface area contributed by atoms with Gasteiger partial charge in [0.1, 0.15) is 0 Å². The fraction of sp³-hybridized carbons (Fsp3) is 0.458. The van der Waals surface area contributed by atoms with Crippen molar-refractivity contribution >= 4 is 11.8 Å². The number of nitrogens with one attached hydrogen (secondary N) is 2. The van der Waals surface area contributed by atoms with Crippen molar-refractivity contribution in [2.45, 2.75) is 44.7 Å². The third-order valence-electron chi connectivity index (χ3n) is 5.58. The fourth-order valence-corrected chi connectivity index (χ4v) is 3.83. The van der Waals surface area contributed by atoms with Crippen molar-refractivity contribution in [3.63, 3.8) is 0 Å². The van der Waals surface area contributed by atoms with Gasteiger partial charge in [0.15, 0.2) is 0 Å². The minimum Gasteiger partial charge on any atom is -0.356 e. The van der Waals surface area contributed by atoms with Gasteiger partial charge in [-0.05, 0) is 37.4 Å². The van der Waals surface area contributed by atoms with Gasteiger partial charge in [-0.1, -0.05) is 36.4 Å². The molecular weight excluding hydrogens is 392 g/mol. The molecule has 166 valence electrons. The van der Waals surface area contributed by atoms with Crippen molar-refractivity contribution in [2.24, 2.45) is 0 Å². The first-order valence-electron chi connectivity index (χ1n) is 11.1. The minimum absolute atomic E-state index is 0.0103. The lowest BCUT2D eigenvalue weighted by atomic mass is 10.0. The molecule has 1 aliphatic heterocycles. The maximum absolute atomic E-state index is 12.8. The summed E-state index contributed by atoms with van der Waals surface area (Å²) in [6.45, 7) is 3.01. The molecule has 2 aromatic rings. The summed E-state index contributed by atoms with van der Waals surface area (Å²) in [5, 5.41) is 6.48. The molecule has 0 bridgehead atoms. The number of carbonyl (C=O) groups is 2. The third kappa shape index (κ3) is 7.36. The van der Waals surface area contributed by atoms with Crippen LogP contribution in [0, 0.1) is 0 Å². The highest BCUT2D eigenvalue weighted by Crippen LogP contribution is 2.17. The zero-order valence-electron chi connectivity index (χ0n) is 18.0. The third-order valence-corrected chi connectivity index (χ3v) is 5.58. The van der Waals surface area contributed by atoms with Gasteiger partial charge in [0.2, 0.25) is 11.8 Å². The van der Waals surface area contributed by atoms with Gasteiger partial charge in [0, 0.05) is 57.3 Å². The number of benzene rings is 1. The lowest BCUT2D eigenvalue weighted by Gasteiger charge is -2.23. The summed E-state index contributed by atoms with van der Waals surface area (Å²) in [4.78, 5) is 38.9. The van der Waals surface area contributed by atoms with Gasteiger partial charge in [-0.3, -0.25) is 14.4 Å². The summed E-state index contributed by atoms with van der Waals surface area (Å²) in [6.07, 6.45) is 4.94. The van der Waals surface area contributed by atoms with Gasteiger partial charge in [0.05, 0.1) is 0 Å². The van der Waals surface area contributed by atoms with E-state index in [-0.39, 0.29) is 23.4 Å². The molecule has 2 N–H and O–H groups in total. The van der Waals surface area contributed by atoms with Crippen LogP contribution in [0.5, 0.6) is 0 Å². The van der Waals surface area contributed by atoms with Crippen LogP contribution in [0.15, 0.2) is 59.5 Å². The van der Waals surface area contributed by atoms with Crippen molar-refractivity contribution in [3.05, 3.63) is 70.6 Å². The first kappa shape index (κ1) is 22.7. The Balaban J connectivity index is 1.55. The highest BCUT2D eigenvalue weighted by Gasteiger charge is 2.17. The van der Waals surface area contributed by atoms with Gasteiger partial charge >= 0.3 is 0 Å². The maximum atomic E-state index is 12.8. The largest absolute Gasteiger partial charge is 0.356 e. The van der Waals surface area contributed by atoms with Gasteiger partial charge in [0.25, 0.3) is 5.56 Å². The van der Waals surface area contributed by atoms with Crippen LogP contribution < -0.4 is 16.2 Å². The number of hydrogen-bond acceptors (Lipinski definition) is 4. The number of carbonyl (C=O) groups excluding carboxylic acids is 2. The van der Waals surface area contributed by atoms with Crippen LogP contribution in [-0.2, 0) is 16.1 Å². The Hall–Kier alpha value is -2.93. The number of amides is 2. The molecule has 1 fully saturated rings. The highest BCUT2D eigenvalue weighted by atomic mass is 16.2. The van der Waals surface area contributed by atoms with Crippen LogP contribution >= 0.6 is 0 Å². The van der Waals surface area contributed by atoms with Crippen molar-refractivity contribution in [2.75, 3.05) is 26.2 Å². The summed E-state index contributed by atoms with van der Waals surface area (Å²) >= 11 is 0. The molecule has 2 heterocycles. The number of rotatable bonds is 4. The summed E-state index contributed by atoms with van der Waals surface area (Å²) < 4.78 is 1.56. The lowest BCUT2D eigenvalue weighted by Crippen LogP contribution is -2.36. The van der Waals surface area contributed by atoms with E-state index >= 15 is 0 Å². The van der Waals surface area contributed by atoms with E-state index < -0.39 is 0 Å². The van der Waals surface area contributed by atoms with Gasteiger partial charge < -0.3 is 20.1 Å². The van der Waals surface area contributed by atoms with Crippen LogP contribution in [0.4, 0.5) is 0 Å². The molecule has 0 saturated carbocycles. The Morgan fingerprint density at radius 2 is 1.71 bits per heavy atom. The molecule has 1 aromatic carbocycles. The van der Waals surface area contributed by atoms with E-state index in [1.165, 1.54) is 6.07 Å². The predicted octanol–water partition coefficient (Wildman–Crippen LogP) is 2.09. The van der Waals surface area contributed by atoms with Crippen LogP contribution in [0.2, 0.25) is 0 Å². The quantitative estimate of drug-likeness (QED) is 0.787. The van der Waals surface area contributed by atoms with Gasteiger partial charge in [-0.15, -0.1) is 0 Å². The number of pyridine rings is 1. The van der Waals surface area contributed by atoms with E-state index in [0.29, 0.717) is 45.4 Å². The second-order valence-corrected chi connectivity index (χ2v) is 7.90. The van der Waals surface area contributed by atoms with Crippen LogP contribution in [0.25, 0.3) is 0 Å². The topological polar surface area (TPSA) is 83.4 Å². The molecule has 1 aliphatic rings. The van der Waals surface area contributed by atoms with E-state index in [1.54, 1.807) is 22.9 Å². The van der Waals surface area contributed by atoms with Gasteiger partial charge in [-0.25, -0.2) is 0 Å². The zero-order chi connectivity index (χ0) is 21.9. The fourth-order valence-electron chi connectivity index (χ4n) is 3.83. The minimum atomic E-state index is -0.0954. The molecule has 3 rings (SSSR count). The van der Waals surface area contributed by atoms with E-state index in [4.69, 9.17) is 0 Å². The summed E-state index contributed by atoms with van der Waals surface area (Å²) in [5.41, 5.74) is 1.02. The van der Waals surface area contributed by atoms with Crippen molar-refractivity contribution in [3.8, 4) is 0 Å². The molecule has 1 atom stereocenters. The SMILES string of the molecule is O=C1CC(c2ccccc2)NCCCCN(C(=O)CCn2ccccc2=O)CCCN1. The molecule has 1 aromatic heterocycles. The predicted molar refractivity (Wildman–Crippen MR) is 121 cm³/mol. The summed E-state index contributed by atoms with van der Waals surface area (Å²) in [5.74, 6) is 0.0639. The van der Waals surface area contributed by atoms with E-state index in [1.807, 2.05) is 35.2 Å².